The predicted molar refractivity (Wildman–Crippen MR) is 97.6 cm³/mol. The van der Waals surface area contributed by atoms with Gasteiger partial charge in [-0.05, 0) is 43.2 Å². The summed E-state index contributed by atoms with van der Waals surface area (Å²) in [6.07, 6.45) is -0.379. The van der Waals surface area contributed by atoms with Crippen molar-refractivity contribution in [3.05, 3.63) is 62.1 Å². The van der Waals surface area contributed by atoms with Gasteiger partial charge in [-0.15, -0.1) is 0 Å². The lowest BCUT2D eigenvalue weighted by Gasteiger charge is -2.18. The maximum absolute atomic E-state index is 12.4. The zero-order valence-electron chi connectivity index (χ0n) is 13.6. The number of nitrogens with zero attached hydrogens (tertiary/aromatic N) is 1. The predicted octanol–water partition coefficient (Wildman–Crippen LogP) is 5.01. The molecule has 2 aromatic rings. The highest BCUT2D eigenvalue weighted by Crippen LogP contribution is 2.27. The van der Waals surface area contributed by atoms with Gasteiger partial charge in [-0.25, -0.2) is 0 Å². The number of amides is 1. The minimum atomic E-state index is -0.782. The van der Waals surface area contributed by atoms with Crippen molar-refractivity contribution in [1.82, 2.24) is 0 Å². The average Bonchev–Trinajstić information content (AvgIpc) is 2.57. The number of ether oxygens (including phenoxy) is 1. The van der Waals surface area contributed by atoms with Crippen LogP contribution in [-0.2, 0) is 4.79 Å². The Bertz CT molecular complexity index is 811. The number of anilines is 1. The van der Waals surface area contributed by atoms with Crippen molar-refractivity contribution in [2.45, 2.75) is 26.4 Å². The fraction of sp³-hybridized carbons (Fsp3) is 0.235. The Kier molecular flexibility index (Phi) is 6.22. The zero-order valence-corrected chi connectivity index (χ0v) is 15.1. The van der Waals surface area contributed by atoms with E-state index in [9.17, 15) is 14.9 Å². The SMILES string of the molecule is CC[C@@H](Oc1ccc(Cl)c(C)c1)C(=O)Nc1cc([N+](=O)[O-])ccc1Cl. The van der Waals surface area contributed by atoms with Crippen molar-refractivity contribution in [1.29, 1.82) is 0 Å². The first-order valence-electron chi connectivity index (χ1n) is 7.49. The van der Waals surface area contributed by atoms with Crippen LogP contribution in [0.3, 0.4) is 0 Å². The van der Waals surface area contributed by atoms with Gasteiger partial charge in [0.25, 0.3) is 11.6 Å². The number of nitro groups is 1. The summed E-state index contributed by atoms with van der Waals surface area (Å²) < 4.78 is 5.70. The molecule has 0 saturated carbocycles. The molecule has 0 fully saturated rings. The number of rotatable bonds is 6. The highest BCUT2D eigenvalue weighted by Gasteiger charge is 2.21. The van der Waals surface area contributed by atoms with Crippen LogP contribution in [0.5, 0.6) is 5.75 Å². The summed E-state index contributed by atoms with van der Waals surface area (Å²) in [7, 11) is 0. The minimum Gasteiger partial charge on any atom is -0.481 e. The maximum atomic E-state index is 12.4. The van der Waals surface area contributed by atoms with Crippen molar-refractivity contribution in [2.75, 3.05) is 5.32 Å². The molecule has 0 saturated heterocycles. The number of halogens is 2. The molecule has 0 bridgehead atoms. The molecule has 1 N–H and O–H groups in total. The number of carbonyl (C=O) groups is 1. The second kappa shape index (κ2) is 8.18. The Labute approximate surface area is 154 Å². The number of hydrogen-bond donors (Lipinski definition) is 1. The van der Waals surface area contributed by atoms with Gasteiger partial charge in [0.05, 0.1) is 15.6 Å². The van der Waals surface area contributed by atoms with E-state index in [1.54, 1.807) is 25.1 Å². The highest BCUT2D eigenvalue weighted by atomic mass is 35.5. The zero-order chi connectivity index (χ0) is 18.6. The second-order valence-corrected chi connectivity index (χ2v) is 6.15. The Morgan fingerprint density at radius 3 is 2.52 bits per heavy atom. The molecule has 0 spiro atoms. The van der Waals surface area contributed by atoms with Gasteiger partial charge in [0.15, 0.2) is 6.10 Å². The first-order valence-corrected chi connectivity index (χ1v) is 8.25. The number of hydrogen-bond acceptors (Lipinski definition) is 4. The van der Waals surface area contributed by atoms with E-state index in [-0.39, 0.29) is 16.4 Å². The molecule has 0 aliphatic carbocycles. The lowest BCUT2D eigenvalue weighted by atomic mass is 10.2. The molecule has 0 heterocycles. The van der Waals surface area contributed by atoms with E-state index in [2.05, 4.69) is 5.32 Å². The molecular weight excluding hydrogens is 367 g/mol. The van der Waals surface area contributed by atoms with Crippen LogP contribution in [0.15, 0.2) is 36.4 Å². The van der Waals surface area contributed by atoms with Crippen LogP contribution in [0.4, 0.5) is 11.4 Å². The fourth-order valence-electron chi connectivity index (χ4n) is 2.11. The molecule has 132 valence electrons. The van der Waals surface area contributed by atoms with E-state index < -0.39 is 16.9 Å². The van der Waals surface area contributed by atoms with Gasteiger partial charge in [0.2, 0.25) is 0 Å². The molecule has 1 atom stereocenters. The van der Waals surface area contributed by atoms with Crippen molar-refractivity contribution < 1.29 is 14.5 Å². The Morgan fingerprint density at radius 1 is 1.24 bits per heavy atom. The topological polar surface area (TPSA) is 81.5 Å². The lowest BCUT2D eigenvalue weighted by molar-refractivity contribution is -0.384. The highest BCUT2D eigenvalue weighted by molar-refractivity contribution is 6.33. The van der Waals surface area contributed by atoms with Crippen LogP contribution < -0.4 is 10.1 Å². The van der Waals surface area contributed by atoms with Gasteiger partial charge < -0.3 is 10.1 Å². The standard InChI is InChI=1S/C17H16Cl2N2O4/c1-3-16(25-12-5-7-13(18)10(2)8-12)17(22)20-15-9-11(21(23)24)4-6-14(15)19/h4-9,16H,3H2,1-2H3,(H,20,22)/t16-/m1/s1. The summed E-state index contributed by atoms with van der Waals surface area (Å²) in [5, 5.41) is 14.2. The normalized spacial score (nSPS) is 11.7. The molecule has 6 nitrogen and oxygen atoms in total. The maximum Gasteiger partial charge on any atom is 0.271 e. The average molecular weight is 383 g/mol. The van der Waals surface area contributed by atoms with Gasteiger partial charge >= 0.3 is 0 Å². The molecule has 1 amide bonds. The molecule has 0 unspecified atom stereocenters. The van der Waals surface area contributed by atoms with Gasteiger partial charge in [-0.3, -0.25) is 14.9 Å². The quantitative estimate of drug-likeness (QED) is 0.562. The summed E-state index contributed by atoms with van der Waals surface area (Å²) in [6.45, 7) is 3.63. The van der Waals surface area contributed by atoms with Crippen LogP contribution in [0.1, 0.15) is 18.9 Å². The van der Waals surface area contributed by atoms with E-state index in [0.717, 1.165) is 5.56 Å². The third kappa shape index (κ3) is 4.84. The van der Waals surface area contributed by atoms with Crippen molar-refractivity contribution in [2.24, 2.45) is 0 Å². The monoisotopic (exact) mass is 382 g/mol. The summed E-state index contributed by atoms with van der Waals surface area (Å²) >= 11 is 12.0. The molecule has 0 aliphatic rings. The molecule has 0 radical (unpaired) electrons. The minimum absolute atomic E-state index is 0.162. The number of carbonyl (C=O) groups excluding carboxylic acids is 1. The molecule has 25 heavy (non-hydrogen) atoms. The van der Waals surface area contributed by atoms with E-state index in [1.165, 1.54) is 18.2 Å². The van der Waals surface area contributed by atoms with Crippen LogP contribution in [0.2, 0.25) is 10.0 Å². The Morgan fingerprint density at radius 2 is 1.92 bits per heavy atom. The largest absolute Gasteiger partial charge is 0.481 e. The summed E-state index contributed by atoms with van der Waals surface area (Å²) in [5.74, 6) is 0.0616. The van der Waals surface area contributed by atoms with Crippen LogP contribution in [-0.4, -0.2) is 16.9 Å². The van der Waals surface area contributed by atoms with Gasteiger partial charge in [0, 0.05) is 17.2 Å². The first-order chi connectivity index (χ1) is 11.8. The van der Waals surface area contributed by atoms with Crippen LogP contribution in [0, 0.1) is 17.0 Å². The van der Waals surface area contributed by atoms with Gasteiger partial charge in [-0.1, -0.05) is 30.1 Å². The number of nitrogens with one attached hydrogen (secondary N) is 1. The van der Waals surface area contributed by atoms with E-state index in [4.69, 9.17) is 27.9 Å². The number of nitro benzene ring substituents is 1. The van der Waals surface area contributed by atoms with Crippen molar-refractivity contribution in [3.8, 4) is 5.75 Å². The van der Waals surface area contributed by atoms with E-state index in [0.29, 0.717) is 17.2 Å². The van der Waals surface area contributed by atoms with Gasteiger partial charge in [0.1, 0.15) is 5.75 Å². The molecule has 0 aromatic heterocycles. The smallest absolute Gasteiger partial charge is 0.271 e. The Balaban J connectivity index is 2.16. The summed E-state index contributed by atoms with van der Waals surface area (Å²) in [4.78, 5) is 22.7. The second-order valence-electron chi connectivity index (χ2n) is 5.34. The fourth-order valence-corrected chi connectivity index (χ4v) is 2.40. The number of aryl methyl sites for hydroxylation is 1. The number of non-ortho nitro benzene ring substituents is 1. The van der Waals surface area contributed by atoms with E-state index >= 15 is 0 Å². The Hall–Kier alpha value is -2.31. The van der Waals surface area contributed by atoms with Crippen LogP contribution in [0.25, 0.3) is 0 Å². The molecule has 0 aliphatic heterocycles. The van der Waals surface area contributed by atoms with Gasteiger partial charge in [-0.2, -0.15) is 0 Å². The molecular formula is C17H16Cl2N2O4. The van der Waals surface area contributed by atoms with Crippen LogP contribution >= 0.6 is 23.2 Å². The summed E-state index contributed by atoms with van der Waals surface area (Å²) in [6, 6.07) is 8.93. The third-order valence-electron chi connectivity index (χ3n) is 3.49. The molecule has 2 rings (SSSR count). The lowest BCUT2D eigenvalue weighted by Crippen LogP contribution is -2.32. The first kappa shape index (κ1) is 19.0. The van der Waals surface area contributed by atoms with E-state index in [1.807, 2.05) is 6.92 Å². The number of benzene rings is 2. The summed E-state index contributed by atoms with van der Waals surface area (Å²) in [5.41, 5.74) is 0.827. The molecule has 2 aromatic carbocycles. The third-order valence-corrected chi connectivity index (χ3v) is 4.24. The van der Waals surface area contributed by atoms with Crippen molar-refractivity contribution in [3.63, 3.8) is 0 Å². The molecule has 8 heteroatoms. The van der Waals surface area contributed by atoms with Crippen molar-refractivity contribution >= 4 is 40.5 Å².